The maximum Gasteiger partial charge on any atom is 0.216 e. The summed E-state index contributed by atoms with van der Waals surface area (Å²) in [6, 6.07) is 8.32. The molecule has 1 unspecified atom stereocenters. The van der Waals surface area contributed by atoms with Crippen molar-refractivity contribution in [1.29, 1.82) is 0 Å². The zero-order chi connectivity index (χ0) is 13.2. The minimum atomic E-state index is -3.48. The molecular formula is C11H15NO4S2. The average Bonchev–Trinajstić information content (AvgIpc) is 2.57. The van der Waals surface area contributed by atoms with Gasteiger partial charge in [-0.2, -0.15) is 0 Å². The van der Waals surface area contributed by atoms with Crippen LogP contribution in [0.3, 0.4) is 0 Å². The van der Waals surface area contributed by atoms with Gasteiger partial charge in [0.15, 0.2) is 9.84 Å². The second-order valence-corrected chi connectivity index (χ2v) is 8.45. The second-order valence-electron chi connectivity index (χ2n) is 4.46. The van der Waals surface area contributed by atoms with Gasteiger partial charge >= 0.3 is 0 Å². The van der Waals surface area contributed by atoms with Crippen LogP contribution in [0.25, 0.3) is 0 Å². The number of sulfonamides is 1. The van der Waals surface area contributed by atoms with Crippen LogP contribution in [0.1, 0.15) is 12.0 Å². The van der Waals surface area contributed by atoms with Gasteiger partial charge < -0.3 is 0 Å². The van der Waals surface area contributed by atoms with E-state index in [2.05, 4.69) is 4.72 Å². The van der Waals surface area contributed by atoms with Crippen LogP contribution in [0.5, 0.6) is 0 Å². The van der Waals surface area contributed by atoms with Crippen LogP contribution in [0, 0.1) is 0 Å². The lowest BCUT2D eigenvalue weighted by molar-refractivity contribution is 0.561. The van der Waals surface area contributed by atoms with Crippen LogP contribution in [-0.4, -0.2) is 34.4 Å². The van der Waals surface area contributed by atoms with Crippen LogP contribution in [0.2, 0.25) is 0 Å². The molecule has 0 saturated carbocycles. The predicted molar refractivity (Wildman–Crippen MR) is 69.3 cm³/mol. The molecule has 100 valence electrons. The molecule has 0 aromatic heterocycles. The van der Waals surface area contributed by atoms with Gasteiger partial charge in [0.05, 0.1) is 17.3 Å². The van der Waals surface area contributed by atoms with Gasteiger partial charge in [-0.15, -0.1) is 0 Å². The number of nitrogens with one attached hydrogen (secondary N) is 1. The molecule has 2 rings (SSSR count). The number of sulfone groups is 1. The van der Waals surface area contributed by atoms with Gasteiger partial charge in [0.2, 0.25) is 10.0 Å². The molecule has 0 amide bonds. The smallest absolute Gasteiger partial charge is 0.216 e. The molecule has 0 bridgehead atoms. The average molecular weight is 289 g/mol. The molecule has 0 spiro atoms. The molecule has 1 aliphatic heterocycles. The van der Waals surface area contributed by atoms with Crippen molar-refractivity contribution in [2.75, 3.05) is 11.5 Å². The summed E-state index contributed by atoms with van der Waals surface area (Å²) >= 11 is 0. The fourth-order valence-electron chi connectivity index (χ4n) is 1.98. The summed E-state index contributed by atoms with van der Waals surface area (Å²) in [5.41, 5.74) is 0.686. The minimum absolute atomic E-state index is 0.0610. The Balaban J connectivity index is 2.01. The molecule has 18 heavy (non-hydrogen) atoms. The number of hydrogen-bond acceptors (Lipinski definition) is 4. The van der Waals surface area contributed by atoms with Gasteiger partial charge in [0, 0.05) is 6.04 Å². The van der Waals surface area contributed by atoms with E-state index < -0.39 is 25.9 Å². The van der Waals surface area contributed by atoms with Gasteiger partial charge in [-0.1, -0.05) is 30.3 Å². The maximum absolute atomic E-state index is 11.9. The molecule has 1 atom stereocenters. The Hall–Kier alpha value is -0.920. The fraction of sp³-hybridized carbons (Fsp3) is 0.455. The maximum atomic E-state index is 11.9. The normalized spacial score (nSPS) is 23.0. The lowest BCUT2D eigenvalue weighted by Gasteiger charge is -2.11. The molecule has 1 aliphatic rings. The van der Waals surface area contributed by atoms with Gasteiger partial charge in [0.1, 0.15) is 0 Å². The summed E-state index contributed by atoms with van der Waals surface area (Å²) in [6.45, 7) is 0. The molecule has 5 nitrogen and oxygen atoms in total. The molecule has 1 aromatic rings. The summed E-state index contributed by atoms with van der Waals surface area (Å²) in [5, 5.41) is 0. The molecule has 1 N–H and O–H groups in total. The van der Waals surface area contributed by atoms with Crippen LogP contribution in [0.4, 0.5) is 0 Å². The van der Waals surface area contributed by atoms with Crippen molar-refractivity contribution in [2.45, 2.75) is 18.2 Å². The van der Waals surface area contributed by atoms with E-state index in [4.69, 9.17) is 0 Å². The molecule has 1 aromatic carbocycles. The fourth-order valence-corrected chi connectivity index (χ4v) is 5.18. The molecule has 0 aliphatic carbocycles. The van der Waals surface area contributed by atoms with E-state index in [-0.39, 0.29) is 17.3 Å². The number of hydrogen-bond donors (Lipinski definition) is 1. The summed E-state index contributed by atoms with van der Waals surface area (Å²) in [5.74, 6) is -0.156. The van der Waals surface area contributed by atoms with Crippen molar-refractivity contribution in [3.05, 3.63) is 35.9 Å². The van der Waals surface area contributed by atoms with Gasteiger partial charge in [-0.05, 0) is 12.0 Å². The second kappa shape index (κ2) is 4.99. The van der Waals surface area contributed by atoms with Gasteiger partial charge in [-0.25, -0.2) is 21.6 Å². The summed E-state index contributed by atoms with van der Waals surface area (Å²) in [6.07, 6.45) is 0.357. The van der Waals surface area contributed by atoms with Crippen molar-refractivity contribution >= 4 is 19.9 Å². The lowest BCUT2D eigenvalue weighted by Crippen LogP contribution is -2.36. The van der Waals surface area contributed by atoms with E-state index in [9.17, 15) is 16.8 Å². The summed E-state index contributed by atoms with van der Waals surface area (Å²) in [4.78, 5) is 0. The van der Waals surface area contributed by atoms with Gasteiger partial charge in [0.25, 0.3) is 0 Å². The van der Waals surface area contributed by atoms with Crippen molar-refractivity contribution in [3.63, 3.8) is 0 Å². The Bertz CT molecular complexity index is 608. The molecular weight excluding hydrogens is 274 g/mol. The monoisotopic (exact) mass is 289 g/mol. The van der Waals surface area contributed by atoms with Gasteiger partial charge in [-0.3, -0.25) is 0 Å². The quantitative estimate of drug-likeness (QED) is 0.864. The lowest BCUT2D eigenvalue weighted by atomic mass is 10.2. The molecule has 1 fully saturated rings. The van der Waals surface area contributed by atoms with E-state index in [1.54, 1.807) is 24.3 Å². The van der Waals surface area contributed by atoms with E-state index in [1.165, 1.54) is 0 Å². The highest BCUT2D eigenvalue weighted by atomic mass is 32.2. The Morgan fingerprint density at radius 1 is 1.22 bits per heavy atom. The van der Waals surface area contributed by atoms with Crippen molar-refractivity contribution in [2.24, 2.45) is 0 Å². The van der Waals surface area contributed by atoms with Crippen molar-refractivity contribution in [3.8, 4) is 0 Å². The molecule has 1 heterocycles. The molecule has 0 radical (unpaired) electrons. The Morgan fingerprint density at radius 3 is 2.44 bits per heavy atom. The highest BCUT2D eigenvalue weighted by Crippen LogP contribution is 2.13. The highest BCUT2D eigenvalue weighted by molar-refractivity contribution is 7.92. The zero-order valence-electron chi connectivity index (χ0n) is 9.74. The first-order chi connectivity index (χ1) is 8.36. The third-order valence-corrected chi connectivity index (χ3v) is 5.95. The highest BCUT2D eigenvalue weighted by Gasteiger charge is 2.30. The van der Waals surface area contributed by atoms with E-state index in [0.717, 1.165) is 0 Å². The largest absolute Gasteiger partial charge is 0.229 e. The van der Waals surface area contributed by atoms with E-state index >= 15 is 0 Å². The topological polar surface area (TPSA) is 80.3 Å². The minimum Gasteiger partial charge on any atom is -0.229 e. The zero-order valence-corrected chi connectivity index (χ0v) is 11.4. The Labute approximate surface area is 107 Å². The van der Waals surface area contributed by atoms with E-state index in [0.29, 0.717) is 12.0 Å². The van der Waals surface area contributed by atoms with Crippen LogP contribution >= 0.6 is 0 Å². The third-order valence-electron chi connectivity index (χ3n) is 2.78. The van der Waals surface area contributed by atoms with Crippen LogP contribution < -0.4 is 4.72 Å². The number of rotatable bonds is 4. The number of benzene rings is 1. The first-order valence-electron chi connectivity index (χ1n) is 5.61. The van der Waals surface area contributed by atoms with Crippen LogP contribution in [0.15, 0.2) is 30.3 Å². The SMILES string of the molecule is O=S1(=O)CCC(NS(=O)(=O)Cc2ccccc2)C1. The first kappa shape index (κ1) is 13.5. The van der Waals surface area contributed by atoms with Crippen molar-refractivity contribution in [1.82, 2.24) is 4.72 Å². The third kappa shape index (κ3) is 3.79. The Kier molecular flexibility index (Phi) is 3.74. The summed E-state index contributed by atoms with van der Waals surface area (Å²) < 4.78 is 48.7. The van der Waals surface area contributed by atoms with Crippen molar-refractivity contribution < 1.29 is 16.8 Å². The molecule has 7 heteroatoms. The summed E-state index contributed by atoms with van der Waals surface area (Å²) in [7, 11) is -6.55. The standard InChI is InChI=1S/C11H15NO4S2/c13-17(14)7-6-11(9-17)12-18(15,16)8-10-4-2-1-3-5-10/h1-5,11-12H,6-9H2. The molecule has 1 saturated heterocycles. The first-order valence-corrected chi connectivity index (χ1v) is 9.08. The predicted octanol–water partition coefficient (Wildman–Crippen LogP) is 0.293. The van der Waals surface area contributed by atoms with E-state index in [1.807, 2.05) is 6.07 Å². The Morgan fingerprint density at radius 2 is 1.89 bits per heavy atom. The van der Waals surface area contributed by atoms with Crippen LogP contribution in [-0.2, 0) is 25.6 Å².